The van der Waals surface area contributed by atoms with Crippen LogP contribution in [-0.2, 0) is 9.84 Å². The van der Waals surface area contributed by atoms with E-state index in [1.54, 1.807) is 0 Å². The quantitative estimate of drug-likeness (QED) is 0.720. The van der Waals surface area contributed by atoms with E-state index in [-0.39, 0.29) is 6.04 Å². The molecule has 1 rings (SSSR count). The Labute approximate surface area is 100 Å². The minimum Gasteiger partial charge on any atom is -0.299 e. The lowest BCUT2D eigenvalue weighted by Crippen LogP contribution is -2.39. The molecule has 1 aliphatic rings. The molecule has 3 nitrogen and oxygen atoms in total. The van der Waals surface area contributed by atoms with Crippen molar-refractivity contribution in [3.63, 3.8) is 0 Å². The molecule has 0 saturated carbocycles. The van der Waals surface area contributed by atoms with Crippen LogP contribution in [0.1, 0.15) is 40.0 Å². The second kappa shape index (κ2) is 6.01. The van der Waals surface area contributed by atoms with E-state index in [2.05, 4.69) is 25.7 Å². The molecule has 1 saturated heterocycles. The lowest BCUT2D eigenvalue weighted by atomic mass is 10.0. The summed E-state index contributed by atoms with van der Waals surface area (Å²) in [6, 6.07) is 0.273. The highest BCUT2D eigenvalue weighted by molar-refractivity contribution is 7.91. The van der Waals surface area contributed by atoms with Crippen LogP contribution in [0.4, 0.5) is 0 Å². The summed E-state index contributed by atoms with van der Waals surface area (Å²) in [6.45, 7) is 8.60. The zero-order valence-corrected chi connectivity index (χ0v) is 11.6. The number of rotatable bonds is 6. The van der Waals surface area contributed by atoms with E-state index in [1.165, 1.54) is 12.8 Å². The van der Waals surface area contributed by atoms with E-state index >= 15 is 0 Å². The van der Waals surface area contributed by atoms with Crippen molar-refractivity contribution >= 4 is 9.84 Å². The van der Waals surface area contributed by atoms with Gasteiger partial charge in [0, 0.05) is 12.6 Å². The maximum Gasteiger partial charge on any atom is 0.151 e. The predicted molar refractivity (Wildman–Crippen MR) is 68.4 cm³/mol. The standard InChI is InChI=1S/C12H25NO2S/c1-4-6-11(3)9-13(5-2)12-7-8-16(14,15)10-12/h11-12H,4-10H2,1-3H3. The smallest absolute Gasteiger partial charge is 0.151 e. The molecular weight excluding hydrogens is 222 g/mol. The average Bonchev–Trinajstić information content (AvgIpc) is 2.55. The van der Waals surface area contributed by atoms with Crippen molar-refractivity contribution in [3.8, 4) is 0 Å². The summed E-state index contributed by atoms with van der Waals surface area (Å²) in [7, 11) is -2.74. The molecule has 1 fully saturated rings. The Morgan fingerprint density at radius 2 is 2.06 bits per heavy atom. The van der Waals surface area contributed by atoms with Gasteiger partial charge in [-0.3, -0.25) is 4.90 Å². The van der Waals surface area contributed by atoms with Gasteiger partial charge in [0.2, 0.25) is 0 Å². The summed E-state index contributed by atoms with van der Waals surface area (Å²) in [5.74, 6) is 1.43. The molecule has 0 spiro atoms. The second-order valence-corrected chi connectivity index (χ2v) is 7.27. The molecule has 0 aromatic heterocycles. The maximum atomic E-state index is 11.4. The molecule has 0 bridgehead atoms. The Kier molecular flexibility index (Phi) is 5.25. The first kappa shape index (κ1) is 14.0. The number of hydrogen-bond donors (Lipinski definition) is 0. The van der Waals surface area contributed by atoms with Gasteiger partial charge in [-0.1, -0.05) is 27.2 Å². The first-order valence-corrected chi connectivity index (χ1v) is 8.25. The van der Waals surface area contributed by atoms with Crippen LogP contribution in [0.15, 0.2) is 0 Å². The van der Waals surface area contributed by atoms with Crippen molar-refractivity contribution in [2.75, 3.05) is 24.6 Å². The average molecular weight is 247 g/mol. The van der Waals surface area contributed by atoms with Gasteiger partial charge in [0.25, 0.3) is 0 Å². The largest absolute Gasteiger partial charge is 0.299 e. The van der Waals surface area contributed by atoms with E-state index < -0.39 is 9.84 Å². The minimum absolute atomic E-state index is 0.273. The Hall–Kier alpha value is -0.0900. The van der Waals surface area contributed by atoms with Gasteiger partial charge in [-0.2, -0.15) is 0 Å². The van der Waals surface area contributed by atoms with E-state index in [4.69, 9.17) is 0 Å². The van der Waals surface area contributed by atoms with Crippen LogP contribution in [0.5, 0.6) is 0 Å². The molecule has 0 aromatic rings. The highest BCUT2D eigenvalue weighted by Gasteiger charge is 2.31. The van der Waals surface area contributed by atoms with E-state index in [9.17, 15) is 8.42 Å². The zero-order valence-electron chi connectivity index (χ0n) is 10.8. The molecule has 0 radical (unpaired) electrons. The molecule has 4 heteroatoms. The van der Waals surface area contributed by atoms with Crippen molar-refractivity contribution in [1.82, 2.24) is 4.90 Å². The van der Waals surface area contributed by atoms with Crippen molar-refractivity contribution < 1.29 is 8.42 Å². The molecule has 2 unspecified atom stereocenters. The molecule has 0 amide bonds. The summed E-state index contributed by atoms with van der Waals surface area (Å²) >= 11 is 0. The molecule has 0 N–H and O–H groups in total. The topological polar surface area (TPSA) is 37.4 Å². The van der Waals surface area contributed by atoms with Crippen molar-refractivity contribution in [3.05, 3.63) is 0 Å². The van der Waals surface area contributed by atoms with Crippen LogP contribution in [-0.4, -0.2) is 44.0 Å². The summed E-state index contributed by atoms with van der Waals surface area (Å²) in [5, 5.41) is 0. The molecule has 96 valence electrons. The monoisotopic (exact) mass is 247 g/mol. The molecule has 2 atom stereocenters. The molecular formula is C12H25NO2S. The van der Waals surface area contributed by atoms with E-state index in [0.29, 0.717) is 17.4 Å². The van der Waals surface area contributed by atoms with Crippen molar-refractivity contribution in [1.29, 1.82) is 0 Å². The number of hydrogen-bond acceptors (Lipinski definition) is 3. The predicted octanol–water partition coefficient (Wildman–Crippen LogP) is 1.93. The van der Waals surface area contributed by atoms with Crippen LogP contribution in [0, 0.1) is 5.92 Å². The van der Waals surface area contributed by atoms with E-state index in [0.717, 1.165) is 19.5 Å². The minimum atomic E-state index is -2.74. The second-order valence-electron chi connectivity index (χ2n) is 5.04. The van der Waals surface area contributed by atoms with E-state index in [1.807, 2.05) is 0 Å². The van der Waals surface area contributed by atoms with Gasteiger partial charge in [-0.15, -0.1) is 0 Å². The third-order valence-corrected chi connectivity index (χ3v) is 5.21. The fourth-order valence-corrected chi connectivity index (χ4v) is 4.35. The van der Waals surface area contributed by atoms with Crippen LogP contribution < -0.4 is 0 Å². The molecule has 0 aliphatic carbocycles. The fraction of sp³-hybridized carbons (Fsp3) is 1.00. The Morgan fingerprint density at radius 3 is 2.50 bits per heavy atom. The van der Waals surface area contributed by atoms with Gasteiger partial charge in [-0.05, 0) is 25.3 Å². The van der Waals surface area contributed by atoms with Crippen molar-refractivity contribution in [2.45, 2.75) is 46.1 Å². The fourth-order valence-electron chi connectivity index (χ4n) is 2.58. The molecule has 0 aromatic carbocycles. The third-order valence-electron chi connectivity index (χ3n) is 3.46. The summed E-state index contributed by atoms with van der Waals surface area (Å²) in [5.41, 5.74) is 0. The lowest BCUT2D eigenvalue weighted by Gasteiger charge is -2.29. The number of sulfone groups is 1. The Bertz CT molecular complexity index is 300. The summed E-state index contributed by atoms with van der Waals surface area (Å²) in [4.78, 5) is 2.35. The van der Waals surface area contributed by atoms with Gasteiger partial charge in [0.1, 0.15) is 0 Å². The first-order chi connectivity index (χ1) is 7.48. The zero-order chi connectivity index (χ0) is 12.2. The van der Waals surface area contributed by atoms with Crippen LogP contribution >= 0.6 is 0 Å². The normalized spacial score (nSPS) is 26.1. The lowest BCUT2D eigenvalue weighted by molar-refractivity contribution is 0.190. The maximum absolute atomic E-state index is 11.4. The Balaban J connectivity index is 2.49. The van der Waals surface area contributed by atoms with Gasteiger partial charge in [-0.25, -0.2) is 8.42 Å². The number of nitrogens with zero attached hydrogens (tertiary/aromatic N) is 1. The summed E-state index contributed by atoms with van der Waals surface area (Å²) < 4.78 is 22.9. The van der Waals surface area contributed by atoms with Gasteiger partial charge in [0.05, 0.1) is 11.5 Å². The van der Waals surface area contributed by atoms with Crippen LogP contribution in [0.2, 0.25) is 0 Å². The molecule has 1 aliphatic heterocycles. The van der Waals surface area contributed by atoms with Crippen LogP contribution in [0.3, 0.4) is 0 Å². The van der Waals surface area contributed by atoms with Crippen molar-refractivity contribution in [2.24, 2.45) is 5.92 Å². The highest BCUT2D eigenvalue weighted by atomic mass is 32.2. The van der Waals surface area contributed by atoms with Gasteiger partial charge >= 0.3 is 0 Å². The SMILES string of the molecule is CCCC(C)CN(CC)C1CCS(=O)(=O)C1. The molecule has 1 heterocycles. The van der Waals surface area contributed by atoms with Crippen LogP contribution in [0.25, 0.3) is 0 Å². The van der Waals surface area contributed by atoms with Gasteiger partial charge in [0.15, 0.2) is 9.84 Å². The highest BCUT2D eigenvalue weighted by Crippen LogP contribution is 2.19. The first-order valence-electron chi connectivity index (χ1n) is 6.43. The molecule has 16 heavy (non-hydrogen) atoms. The summed E-state index contributed by atoms with van der Waals surface area (Å²) in [6.07, 6.45) is 3.27. The van der Waals surface area contributed by atoms with Gasteiger partial charge < -0.3 is 0 Å². The third kappa shape index (κ3) is 4.06. The Morgan fingerprint density at radius 1 is 1.38 bits per heavy atom.